The summed E-state index contributed by atoms with van der Waals surface area (Å²) in [7, 11) is 0. The van der Waals surface area contributed by atoms with Crippen LogP contribution in [0.4, 0.5) is 0 Å². The van der Waals surface area contributed by atoms with Crippen LogP contribution >= 0.6 is 0 Å². The Kier molecular flexibility index (Phi) is 14.8. The molecular weight excluding hydrogens is 200 g/mol. The standard InChI is InChI=1S/C14H30O2/c1-2-3-4-5-6-7-8-10-13-16-14-11-9-12-15/h15H,2-14H2,1H3. The van der Waals surface area contributed by atoms with Crippen molar-refractivity contribution in [1.82, 2.24) is 0 Å². The number of unbranched alkanes of at least 4 members (excludes halogenated alkanes) is 8. The van der Waals surface area contributed by atoms with Crippen molar-refractivity contribution in [3.05, 3.63) is 0 Å². The molecule has 0 aliphatic carbocycles. The van der Waals surface area contributed by atoms with Gasteiger partial charge in [-0.15, -0.1) is 0 Å². The smallest absolute Gasteiger partial charge is 0.0466 e. The molecule has 0 radical (unpaired) electrons. The first kappa shape index (κ1) is 15.9. The second-order valence-corrected chi connectivity index (χ2v) is 4.52. The highest BCUT2D eigenvalue weighted by Gasteiger charge is 1.92. The second kappa shape index (κ2) is 14.9. The van der Waals surface area contributed by atoms with Gasteiger partial charge in [0.05, 0.1) is 0 Å². The predicted molar refractivity (Wildman–Crippen MR) is 69.7 cm³/mol. The molecule has 0 heterocycles. The molecule has 0 amide bonds. The zero-order valence-electron chi connectivity index (χ0n) is 11.0. The van der Waals surface area contributed by atoms with E-state index in [4.69, 9.17) is 9.84 Å². The van der Waals surface area contributed by atoms with Crippen LogP contribution in [0.1, 0.15) is 71.1 Å². The van der Waals surface area contributed by atoms with Gasteiger partial charge in [-0.2, -0.15) is 0 Å². The van der Waals surface area contributed by atoms with Crippen molar-refractivity contribution in [3.63, 3.8) is 0 Å². The van der Waals surface area contributed by atoms with Gasteiger partial charge in [0, 0.05) is 19.8 Å². The van der Waals surface area contributed by atoms with Crippen molar-refractivity contribution in [2.24, 2.45) is 0 Å². The van der Waals surface area contributed by atoms with E-state index in [1.165, 1.54) is 51.4 Å². The van der Waals surface area contributed by atoms with Gasteiger partial charge in [0.15, 0.2) is 0 Å². The molecule has 0 bridgehead atoms. The minimum atomic E-state index is 0.293. The highest BCUT2D eigenvalue weighted by Crippen LogP contribution is 2.08. The maximum absolute atomic E-state index is 8.57. The number of aliphatic hydroxyl groups is 1. The average Bonchev–Trinajstić information content (AvgIpc) is 2.31. The first-order valence-electron chi connectivity index (χ1n) is 7.10. The predicted octanol–water partition coefficient (Wildman–Crippen LogP) is 3.92. The van der Waals surface area contributed by atoms with Gasteiger partial charge in [-0.1, -0.05) is 51.9 Å². The molecule has 0 spiro atoms. The average molecular weight is 230 g/mol. The fraction of sp³-hybridized carbons (Fsp3) is 1.00. The monoisotopic (exact) mass is 230 g/mol. The quantitative estimate of drug-likeness (QED) is 0.486. The molecule has 2 heteroatoms. The minimum absolute atomic E-state index is 0.293. The molecule has 0 saturated carbocycles. The van der Waals surface area contributed by atoms with Gasteiger partial charge < -0.3 is 9.84 Å². The molecule has 0 fully saturated rings. The SMILES string of the molecule is CCCCCCCCCCOCCCCO. The summed E-state index contributed by atoms with van der Waals surface area (Å²) in [5, 5.41) is 8.57. The summed E-state index contributed by atoms with van der Waals surface area (Å²) in [6.07, 6.45) is 12.7. The lowest BCUT2D eigenvalue weighted by Gasteiger charge is -2.03. The van der Waals surface area contributed by atoms with Gasteiger partial charge in [0.1, 0.15) is 0 Å². The third kappa shape index (κ3) is 13.9. The Bertz CT molecular complexity index is 101. The zero-order valence-corrected chi connectivity index (χ0v) is 11.0. The second-order valence-electron chi connectivity index (χ2n) is 4.52. The molecule has 0 aromatic carbocycles. The van der Waals surface area contributed by atoms with E-state index in [-0.39, 0.29) is 0 Å². The van der Waals surface area contributed by atoms with Crippen LogP contribution in [-0.4, -0.2) is 24.9 Å². The van der Waals surface area contributed by atoms with Crippen molar-refractivity contribution in [3.8, 4) is 0 Å². The van der Waals surface area contributed by atoms with E-state index in [2.05, 4.69) is 6.92 Å². The lowest BCUT2D eigenvalue weighted by Crippen LogP contribution is -1.98. The third-order valence-electron chi connectivity index (χ3n) is 2.84. The molecule has 0 rings (SSSR count). The van der Waals surface area contributed by atoms with Gasteiger partial charge >= 0.3 is 0 Å². The molecule has 0 aliphatic heterocycles. The van der Waals surface area contributed by atoms with E-state index >= 15 is 0 Å². The van der Waals surface area contributed by atoms with Crippen LogP contribution < -0.4 is 0 Å². The molecule has 16 heavy (non-hydrogen) atoms. The van der Waals surface area contributed by atoms with E-state index < -0.39 is 0 Å². The Morgan fingerprint density at radius 1 is 0.688 bits per heavy atom. The summed E-state index contributed by atoms with van der Waals surface area (Å²) < 4.78 is 5.47. The fourth-order valence-electron chi connectivity index (χ4n) is 1.76. The van der Waals surface area contributed by atoms with Crippen LogP contribution in [-0.2, 0) is 4.74 Å². The van der Waals surface area contributed by atoms with Gasteiger partial charge in [-0.3, -0.25) is 0 Å². The van der Waals surface area contributed by atoms with Gasteiger partial charge in [-0.05, 0) is 19.3 Å². The van der Waals surface area contributed by atoms with E-state index in [1.807, 2.05) is 0 Å². The number of ether oxygens (including phenoxy) is 1. The number of hydrogen-bond donors (Lipinski definition) is 1. The molecule has 98 valence electrons. The molecule has 0 unspecified atom stereocenters. The maximum atomic E-state index is 8.57. The Morgan fingerprint density at radius 3 is 1.75 bits per heavy atom. The largest absolute Gasteiger partial charge is 0.396 e. The summed E-state index contributed by atoms with van der Waals surface area (Å²) in [5.41, 5.74) is 0. The lowest BCUT2D eigenvalue weighted by molar-refractivity contribution is 0.121. The van der Waals surface area contributed by atoms with Crippen molar-refractivity contribution < 1.29 is 9.84 Å². The highest BCUT2D eigenvalue weighted by molar-refractivity contribution is 4.46. The number of rotatable bonds is 13. The maximum Gasteiger partial charge on any atom is 0.0466 e. The summed E-state index contributed by atoms with van der Waals surface area (Å²) in [6, 6.07) is 0. The summed E-state index contributed by atoms with van der Waals surface area (Å²) in [4.78, 5) is 0. The van der Waals surface area contributed by atoms with Crippen LogP contribution in [0.3, 0.4) is 0 Å². The normalized spacial score (nSPS) is 10.9. The molecular formula is C14H30O2. The van der Waals surface area contributed by atoms with E-state index in [0.717, 1.165) is 26.1 Å². The van der Waals surface area contributed by atoms with Crippen molar-refractivity contribution in [2.45, 2.75) is 71.1 Å². The van der Waals surface area contributed by atoms with Crippen molar-refractivity contribution in [1.29, 1.82) is 0 Å². The Labute approximate surface area is 101 Å². The van der Waals surface area contributed by atoms with Crippen molar-refractivity contribution in [2.75, 3.05) is 19.8 Å². The number of hydrogen-bond acceptors (Lipinski definition) is 2. The van der Waals surface area contributed by atoms with Crippen molar-refractivity contribution >= 4 is 0 Å². The molecule has 0 saturated heterocycles. The van der Waals surface area contributed by atoms with Gasteiger partial charge in [0.2, 0.25) is 0 Å². The van der Waals surface area contributed by atoms with E-state index in [1.54, 1.807) is 0 Å². The molecule has 0 atom stereocenters. The van der Waals surface area contributed by atoms with Crippen LogP contribution in [0.15, 0.2) is 0 Å². The lowest BCUT2D eigenvalue weighted by atomic mass is 10.1. The Balaban J connectivity index is 2.83. The summed E-state index contributed by atoms with van der Waals surface area (Å²) >= 11 is 0. The molecule has 2 nitrogen and oxygen atoms in total. The zero-order chi connectivity index (χ0) is 11.9. The summed E-state index contributed by atoms with van der Waals surface area (Å²) in [5.74, 6) is 0. The van der Waals surface area contributed by atoms with Crippen LogP contribution in [0.2, 0.25) is 0 Å². The molecule has 1 N–H and O–H groups in total. The molecule has 0 aromatic heterocycles. The van der Waals surface area contributed by atoms with Crippen LogP contribution in [0.25, 0.3) is 0 Å². The highest BCUT2D eigenvalue weighted by atomic mass is 16.5. The number of aliphatic hydroxyl groups excluding tert-OH is 1. The van der Waals surface area contributed by atoms with Crippen LogP contribution in [0, 0.1) is 0 Å². The van der Waals surface area contributed by atoms with Gasteiger partial charge in [-0.25, -0.2) is 0 Å². The topological polar surface area (TPSA) is 29.5 Å². The molecule has 0 aromatic rings. The third-order valence-corrected chi connectivity index (χ3v) is 2.84. The fourth-order valence-corrected chi connectivity index (χ4v) is 1.76. The van der Waals surface area contributed by atoms with E-state index in [9.17, 15) is 0 Å². The minimum Gasteiger partial charge on any atom is -0.396 e. The van der Waals surface area contributed by atoms with Crippen LogP contribution in [0.5, 0.6) is 0 Å². The Morgan fingerprint density at radius 2 is 1.19 bits per heavy atom. The first-order chi connectivity index (χ1) is 7.91. The van der Waals surface area contributed by atoms with E-state index in [0.29, 0.717) is 6.61 Å². The molecule has 0 aliphatic rings. The summed E-state index contributed by atoms with van der Waals surface area (Å²) in [6.45, 7) is 4.27. The Hall–Kier alpha value is -0.0800. The van der Waals surface area contributed by atoms with Gasteiger partial charge in [0.25, 0.3) is 0 Å². The first-order valence-corrected chi connectivity index (χ1v) is 7.10.